The van der Waals surface area contributed by atoms with E-state index in [2.05, 4.69) is 27.1 Å². The Morgan fingerprint density at radius 3 is 2.25 bits per heavy atom. The van der Waals surface area contributed by atoms with Crippen molar-refractivity contribution in [3.8, 4) is 0 Å². The molecule has 0 spiro atoms. The Labute approximate surface area is 222 Å². The number of benzene rings is 1. The monoisotopic (exact) mass is 520 g/mol. The highest BCUT2D eigenvalue weighted by Crippen LogP contribution is 2.42. The number of amides is 1. The lowest BCUT2D eigenvalue weighted by molar-refractivity contribution is -0.130. The first kappa shape index (κ1) is 31.8. The molecule has 2 aromatic rings. The number of piperazine rings is 1. The molecular weight excluding hydrogens is 476 g/mol. The highest BCUT2D eigenvalue weighted by atomic mass is 35.5. The van der Waals surface area contributed by atoms with Crippen molar-refractivity contribution in [1.29, 1.82) is 0 Å². The van der Waals surface area contributed by atoms with Gasteiger partial charge in [-0.05, 0) is 37.1 Å². The maximum Gasteiger partial charge on any atom is 0.227 e. The number of nitrogens with one attached hydrogen (secondary N) is 1. The molecule has 4 rings (SSSR count). The third-order valence-electron chi connectivity index (χ3n) is 5.87. The number of fused-ring (bicyclic) bond motifs is 1. The first-order valence-electron chi connectivity index (χ1n) is 13.1. The number of rotatable bonds is 5. The number of hydrogen-bond acceptors (Lipinski definition) is 7. The van der Waals surface area contributed by atoms with Crippen LogP contribution in [0.25, 0.3) is 0 Å². The van der Waals surface area contributed by atoms with E-state index in [1.807, 2.05) is 63.9 Å². The fourth-order valence-corrected chi connectivity index (χ4v) is 4.28. The molecule has 1 aliphatic carbocycles. The predicted molar refractivity (Wildman–Crippen MR) is 150 cm³/mol. The van der Waals surface area contributed by atoms with Gasteiger partial charge in [0.15, 0.2) is 0 Å². The van der Waals surface area contributed by atoms with Gasteiger partial charge in [0.2, 0.25) is 5.91 Å². The van der Waals surface area contributed by atoms with Crippen molar-refractivity contribution in [2.75, 3.05) is 51.2 Å². The number of aromatic nitrogens is 2. The number of anilines is 1. The Morgan fingerprint density at radius 2 is 1.72 bits per heavy atom. The first-order valence-corrected chi connectivity index (χ1v) is 13.5. The number of nitrogens with two attached hydrogens (primary N) is 1. The van der Waals surface area contributed by atoms with Crippen molar-refractivity contribution in [3.63, 3.8) is 0 Å². The van der Waals surface area contributed by atoms with Crippen LogP contribution >= 0.6 is 11.6 Å². The van der Waals surface area contributed by atoms with Crippen molar-refractivity contribution >= 4 is 23.3 Å². The molecule has 36 heavy (non-hydrogen) atoms. The summed E-state index contributed by atoms with van der Waals surface area (Å²) >= 11 is 5.90. The van der Waals surface area contributed by atoms with Crippen molar-refractivity contribution in [2.45, 2.75) is 59.5 Å². The molecule has 1 amide bonds. The molecule has 2 heterocycles. The van der Waals surface area contributed by atoms with Gasteiger partial charge < -0.3 is 26.0 Å². The Kier molecular flexibility index (Phi) is 15.2. The second-order valence-corrected chi connectivity index (χ2v) is 8.65. The zero-order valence-electron chi connectivity index (χ0n) is 22.8. The Hall–Kier alpha value is -2.26. The predicted octanol–water partition coefficient (Wildman–Crippen LogP) is 3.78. The second-order valence-electron chi connectivity index (χ2n) is 8.21. The van der Waals surface area contributed by atoms with E-state index < -0.39 is 6.10 Å². The topological polar surface area (TPSA) is 108 Å². The maximum atomic E-state index is 12.6. The van der Waals surface area contributed by atoms with E-state index in [0.717, 1.165) is 48.8 Å². The summed E-state index contributed by atoms with van der Waals surface area (Å²) in [6, 6.07) is 7.42. The largest absolute Gasteiger partial charge is 0.387 e. The number of hydrogen-bond donors (Lipinski definition) is 3. The zero-order chi connectivity index (χ0) is 27.1. The molecule has 0 bridgehead atoms. The minimum atomic E-state index is -0.501. The fraction of sp³-hybridized carbons (Fsp3) is 0.593. The van der Waals surface area contributed by atoms with E-state index in [1.54, 1.807) is 0 Å². The summed E-state index contributed by atoms with van der Waals surface area (Å²) in [6.45, 7) is 14.6. The van der Waals surface area contributed by atoms with E-state index in [9.17, 15) is 9.90 Å². The molecule has 1 fully saturated rings. The molecule has 2 atom stereocenters. The van der Waals surface area contributed by atoms with Crippen LogP contribution in [-0.2, 0) is 11.2 Å². The molecule has 2 aliphatic rings. The average molecular weight is 521 g/mol. The van der Waals surface area contributed by atoms with E-state index in [4.69, 9.17) is 17.3 Å². The van der Waals surface area contributed by atoms with Crippen LogP contribution in [0.15, 0.2) is 30.6 Å². The lowest BCUT2D eigenvalue weighted by Gasteiger charge is -2.36. The molecule has 8 nitrogen and oxygen atoms in total. The van der Waals surface area contributed by atoms with Gasteiger partial charge >= 0.3 is 0 Å². The van der Waals surface area contributed by atoms with Crippen LogP contribution in [0.5, 0.6) is 0 Å². The summed E-state index contributed by atoms with van der Waals surface area (Å²) in [5.41, 5.74) is 7.87. The van der Waals surface area contributed by atoms with Crippen LogP contribution in [0.3, 0.4) is 0 Å². The smallest absolute Gasteiger partial charge is 0.227 e. The Balaban J connectivity index is 0.000000634. The van der Waals surface area contributed by atoms with Crippen molar-refractivity contribution in [3.05, 3.63) is 52.4 Å². The number of carbonyl (C=O) groups excluding carboxylic acids is 1. The minimum Gasteiger partial charge on any atom is -0.387 e. The first-order chi connectivity index (χ1) is 17.4. The van der Waals surface area contributed by atoms with Crippen LogP contribution in [0.2, 0.25) is 5.02 Å². The number of likely N-dealkylation sites (N-methyl/N-ethyl adjacent to an activating group) is 1. The molecular formula is C27H45ClN6O2. The number of carbonyl (C=O) groups is 1. The second kappa shape index (κ2) is 17.2. The van der Waals surface area contributed by atoms with Crippen LogP contribution in [-0.4, -0.2) is 72.2 Å². The van der Waals surface area contributed by atoms with Crippen LogP contribution in [0.4, 0.5) is 5.82 Å². The summed E-state index contributed by atoms with van der Waals surface area (Å²) in [5, 5.41) is 13.7. The number of aliphatic hydroxyl groups is 1. The fourth-order valence-electron chi connectivity index (χ4n) is 4.15. The van der Waals surface area contributed by atoms with Gasteiger partial charge in [-0.25, -0.2) is 9.97 Å². The molecule has 1 aromatic carbocycles. The van der Waals surface area contributed by atoms with Crippen LogP contribution in [0, 0.1) is 0 Å². The molecule has 9 heteroatoms. The highest BCUT2D eigenvalue weighted by Gasteiger charge is 2.34. The van der Waals surface area contributed by atoms with Gasteiger partial charge in [-0.1, -0.05) is 58.4 Å². The van der Waals surface area contributed by atoms with E-state index in [0.29, 0.717) is 31.0 Å². The molecule has 1 unspecified atom stereocenters. The standard InChI is InChI=1S/C20H23ClN4O2.C3H10N2.2C2H6/c1-13-10-16(26)19-18(13)20(23-12-22-19)25-8-6-24(7-9-25)17(27)11-14-2-4-15(21)5-3-14;1-5-3-2-4;2*1-2/h2-5,12-13,16,26H,6-11H2,1H3;5H,2-4H2,1H3;2*1-2H3/t13-,16?;;;/m1.../s1. The van der Waals surface area contributed by atoms with Crippen molar-refractivity contribution in [2.24, 2.45) is 5.73 Å². The SMILES string of the molecule is CC.CC.CNCCN.C[C@@H]1CC(O)c2ncnc(N3CCN(C(=O)Cc4ccc(Cl)cc4)CC3)c21. The quantitative estimate of drug-likeness (QED) is 0.550. The number of aliphatic hydroxyl groups excluding tert-OH is 1. The minimum absolute atomic E-state index is 0.133. The van der Waals surface area contributed by atoms with Gasteiger partial charge in [0, 0.05) is 49.9 Å². The lowest BCUT2D eigenvalue weighted by atomic mass is 10.1. The summed E-state index contributed by atoms with van der Waals surface area (Å²) < 4.78 is 0. The van der Waals surface area contributed by atoms with Crippen molar-refractivity contribution < 1.29 is 9.90 Å². The summed E-state index contributed by atoms with van der Waals surface area (Å²) in [4.78, 5) is 25.5. The Morgan fingerprint density at radius 1 is 1.11 bits per heavy atom. The molecule has 202 valence electrons. The van der Waals surface area contributed by atoms with Crippen molar-refractivity contribution in [1.82, 2.24) is 20.2 Å². The number of halogens is 1. The van der Waals surface area contributed by atoms with Crippen LogP contribution < -0.4 is 16.0 Å². The highest BCUT2D eigenvalue weighted by molar-refractivity contribution is 6.30. The van der Waals surface area contributed by atoms with Gasteiger partial charge in [-0.15, -0.1) is 0 Å². The van der Waals surface area contributed by atoms with Gasteiger partial charge in [0.1, 0.15) is 12.1 Å². The summed E-state index contributed by atoms with van der Waals surface area (Å²) in [7, 11) is 1.88. The van der Waals surface area contributed by atoms with Gasteiger partial charge in [-0.2, -0.15) is 0 Å². The molecule has 0 saturated carbocycles. The molecule has 1 aromatic heterocycles. The van der Waals surface area contributed by atoms with Gasteiger partial charge in [0.25, 0.3) is 0 Å². The van der Waals surface area contributed by atoms with Gasteiger partial charge in [-0.3, -0.25) is 4.79 Å². The maximum absolute atomic E-state index is 12.6. The lowest BCUT2D eigenvalue weighted by Crippen LogP contribution is -2.49. The van der Waals surface area contributed by atoms with Crippen LogP contribution in [0.1, 0.15) is 69.9 Å². The normalized spacial score (nSPS) is 18.0. The average Bonchev–Trinajstić information content (AvgIpc) is 3.22. The Bertz CT molecular complexity index is 886. The molecule has 0 radical (unpaired) electrons. The third kappa shape index (κ3) is 9.00. The van der Waals surface area contributed by atoms with E-state index in [-0.39, 0.29) is 11.8 Å². The van der Waals surface area contributed by atoms with E-state index >= 15 is 0 Å². The zero-order valence-corrected chi connectivity index (χ0v) is 23.6. The molecule has 4 N–H and O–H groups in total. The summed E-state index contributed by atoms with van der Waals surface area (Å²) in [5.74, 6) is 1.29. The summed E-state index contributed by atoms with van der Waals surface area (Å²) in [6.07, 6.45) is 2.12. The molecule has 1 aliphatic heterocycles. The van der Waals surface area contributed by atoms with E-state index in [1.165, 1.54) is 6.33 Å². The van der Waals surface area contributed by atoms with Gasteiger partial charge in [0.05, 0.1) is 18.2 Å². The molecule has 1 saturated heterocycles. The number of nitrogens with zero attached hydrogens (tertiary/aromatic N) is 4. The third-order valence-corrected chi connectivity index (χ3v) is 6.13.